The lowest BCUT2D eigenvalue weighted by Crippen LogP contribution is -2.31. The Morgan fingerprint density at radius 1 is 1.29 bits per heavy atom. The van der Waals surface area contributed by atoms with E-state index in [1.807, 2.05) is 20.8 Å². The minimum Gasteiger partial charge on any atom is -0.460 e. The highest BCUT2D eigenvalue weighted by atomic mass is 79.9. The maximum Gasteiger partial charge on any atom is 0.306 e. The number of alkyl halides is 2. The van der Waals surface area contributed by atoms with Gasteiger partial charge in [-0.2, -0.15) is 0 Å². The van der Waals surface area contributed by atoms with Gasteiger partial charge in [-0.15, -0.1) is 0 Å². The number of anilines is 1. The van der Waals surface area contributed by atoms with Crippen LogP contribution in [0.15, 0.2) is 18.2 Å². The molecule has 0 radical (unpaired) electrons. The van der Waals surface area contributed by atoms with Gasteiger partial charge in [-0.3, -0.25) is 4.79 Å². The molecule has 1 atom stereocenters. The molecule has 0 fully saturated rings. The summed E-state index contributed by atoms with van der Waals surface area (Å²) in [5.41, 5.74) is 2.85. The van der Waals surface area contributed by atoms with Crippen LogP contribution in [0.3, 0.4) is 0 Å². The minimum atomic E-state index is -0.517. The summed E-state index contributed by atoms with van der Waals surface area (Å²) in [5.74, 6) is -0.294. The van der Waals surface area contributed by atoms with Gasteiger partial charge in [0.2, 0.25) is 0 Å². The van der Waals surface area contributed by atoms with E-state index >= 15 is 0 Å². The van der Waals surface area contributed by atoms with Gasteiger partial charge >= 0.3 is 5.97 Å². The van der Waals surface area contributed by atoms with Crippen LogP contribution in [0.2, 0.25) is 0 Å². The third-order valence-corrected chi connectivity index (χ3v) is 4.94. The van der Waals surface area contributed by atoms with Gasteiger partial charge in [0, 0.05) is 35.4 Å². The van der Waals surface area contributed by atoms with Gasteiger partial charge < -0.3 is 19.7 Å². The van der Waals surface area contributed by atoms with E-state index in [4.69, 9.17) is 4.74 Å². The Labute approximate surface area is 186 Å². The number of rotatable bonds is 12. The van der Waals surface area contributed by atoms with E-state index in [0.717, 1.165) is 46.7 Å². The number of benzene rings is 1. The Hall–Kier alpha value is -0.855. The van der Waals surface area contributed by atoms with Crippen molar-refractivity contribution >= 4 is 57.1 Å². The first-order valence-corrected chi connectivity index (χ1v) is 11.8. The Bertz CT molecular complexity index is 632. The topological polar surface area (TPSA) is 58.6 Å². The van der Waals surface area contributed by atoms with E-state index < -0.39 is 5.60 Å². The normalized spacial score (nSPS) is 12.4. The van der Waals surface area contributed by atoms with Gasteiger partial charge in [-0.1, -0.05) is 37.9 Å². The minimum absolute atomic E-state index is 0.0652. The number of esters is 1. The van der Waals surface area contributed by atoms with Crippen LogP contribution in [-0.2, 0) is 14.3 Å². The highest BCUT2D eigenvalue weighted by Crippen LogP contribution is 2.29. The molecule has 0 saturated carbocycles. The molecule has 0 aromatic heterocycles. The van der Waals surface area contributed by atoms with Crippen molar-refractivity contribution in [3.05, 3.63) is 29.3 Å². The Morgan fingerprint density at radius 3 is 2.46 bits per heavy atom. The van der Waals surface area contributed by atoms with E-state index in [2.05, 4.69) is 67.1 Å². The summed E-state index contributed by atoms with van der Waals surface area (Å²) in [6, 6.07) is 6.38. The summed E-state index contributed by atoms with van der Waals surface area (Å²) in [6.07, 6.45) is 1.10. The predicted octanol–water partition coefficient (Wildman–Crippen LogP) is 3.54. The fourth-order valence-electron chi connectivity index (χ4n) is 3.03. The summed E-state index contributed by atoms with van der Waals surface area (Å²) < 4.78 is 5.53. The Kier molecular flexibility index (Phi) is 11.4. The summed E-state index contributed by atoms with van der Waals surface area (Å²) in [5, 5.41) is 4.88. The highest BCUT2D eigenvalue weighted by molar-refractivity contribution is 9.09. The molecule has 0 spiro atoms. The van der Waals surface area contributed by atoms with Gasteiger partial charge in [-0.25, -0.2) is 0 Å². The number of hydrogen-bond acceptors (Lipinski definition) is 5. The zero-order valence-electron chi connectivity index (χ0n) is 17.3. The molecule has 156 valence electrons. The number of carbonyl (C=O) groups is 2. The molecule has 0 aliphatic carbocycles. The first-order chi connectivity index (χ1) is 13.2. The number of nitrogens with one attached hydrogen (secondary N) is 1. The van der Waals surface area contributed by atoms with Gasteiger partial charge in [-0.05, 0) is 57.5 Å². The molecule has 0 saturated heterocycles. The second-order valence-corrected chi connectivity index (χ2v) is 9.30. The third kappa shape index (κ3) is 9.10. The average molecular weight is 518 g/mol. The monoisotopic (exact) mass is 516 g/mol. The van der Waals surface area contributed by atoms with E-state index in [9.17, 15) is 9.59 Å². The predicted molar refractivity (Wildman–Crippen MR) is 126 cm³/mol. The van der Waals surface area contributed by atoms with Gasteiger partial charge in [0.25, 0.3) is 7.41 Å². The third-order valence-electron chi connectivity index (χ3n) is 4.23. The lowest BCUT2D eigenvalue weighted by atomic mass is 9.88. The summed E-state index contributed by atoms with van der Waals surface area (Å²) >= 11 is 7.04. The van der Waals surface area contributed by atoms with E-state index in [0.29, 0.717) is 6.54 Å². The Balaban J connectivity index is 3.13. The molecule has 0 aliphatic rings. The first-order valence-electron chi connectivity index (χ1n) is 9.55. The van der Waals surface area contributed by atoms with Crippen LogP contribution in [0.1, 0.15) is 44.2 Å². The smallest absolute Gasteiger partial charge is 0.306 e. The number of carbonyl (C=O) groups excluding carboxylic acids is 2. The molecule has 8 heteroatoms. The second-order valence-electron chi connectivity index (χ2n) is 7.72. The molecule has 0 bridgehead atoms. The molecular weight excluding hydrogens is 487 g/mol. The number of hydrogen-bond donors (Lipinski definition) is 1. The average Bonchev–Trinajstić information content (AvgIpc) is 2.60. The lowest BCUT2D eigenvalue weighted by molar-refractivity contribution is -0.155. The fraction of sp³-hybridized carbons (Fsp3) is 0.600. The second kappa shape index (κ2) is 12.7. The first kappa shape index (κ1) is 25.2. The molecule has 1 N–H and O–H groups in total. The molecule has 5 nitrogen and oxygen atoms in total. The highest BCUT2D eigenvalue weighted by Gasteiger charge is 2.23. The number of aryl methyl sites for hydroxylation is 1. The lowest BCUT2D eigenvalue weighted by Gasteiger charge is -2.27. The molecule has 28 heavy (non-hydrogen) atoms. The van der Waals surface area contributed by atoms with Crippen molar-refractivity contribution < 1.29 is 14.3 Å². The van der Waals surface area contributed by atoms with Crippen LogP contribution in [0, 0.1) is 6.92 Å². The number of ether oxygens (including phenoxy) is 1. The summed E-state index contributed by atoms with van der Waals surface area (Å²) in [4.78, 5) is 25.5. The van der Waals surface area contributed by atoms with Crippen molar-refractivity contribution in [2.45, 2.75) is 45.6 Å². The van der Waals surface area contributed by atoms with Crippen molar-refractivity contribution in [3.63, 3.8) is 0 Å². The molecular formula is C20H31BBr2N2O3. The van der Waals surface area contributed by atoms with E-state index in [1.54, 1.807) is 0 Å². The summed E-state index contributed by atoms with van der Waals surface area (Å²) in [6.45, 7) is 10.0. The zero-order chi connectivity index (χ0) is 21.2. The van der Waals surface area contributed by atoms with Crippen molar-refractivity contribution in [1.29, 1.82) is 0 Å². The maximum absolute atomic E-state index is 12.5. The summed E-state index contributed by atoms with van der Waals surface area (Å²) in [7, 11) is 0.267. The maximum atomic E-state index is 12.5. The molecule has 0 aliphatic heterocycles. The van der Waals surface area contributed by atoms with Crippen LogP contribution in [0.4, 0.5) is 5.69 Å². The van der Waals surface area contributed by atoms with Crippen molar-refractivity contribution in [1.82, 2.24) is 5.23 Å². The quantitative estimate of drug-likeness (QED) is 0.151. The molecule has 0 heterocycles. The van der Waals surface area contributed by atoms with Gasteiger partial charge in [0.1, 0.15) is 5.60 Å². The van der Waals surface area contributed by atoms with Crippen molar-refractivity contribution in [2.24, 2.45) is 0 Å². The zero-order valence-corrected chi connectivity index (χ0v) is 20.4. The molecule has 1 rings (SSSR count). The fourth-order valence-corrected chi connectivity index (χ4v) is 3.89. The largest absolute Gasteiger partial charge is 0.460 e. The van der Waals surface area contributed by atoms with Crippen LogP contribution >= 0.6 is 31.9 Å². The number of nitrogens with zero attached hydrogens (tertiary/aromatic N) is 1. The van der Waals surface area contributed by atoms with Crippen LogP contribution in [0.5, 0.6) is 0 Å². The van der Waals surface area contributed by atoms with Crippen molar-refractivity contribution in [3.8, 4) is 0 Å². The number of halogens is 2. The molecule has 1 aromatic carbocycles. The van der Waals surface area contributed by atoms with E-state index in [-0.39, 0.29) is 25.7 Å². The van der Waals surface area contributed by atoms with Gasteiger partial charge in [0.05, 0.1) is 12.6 Å². The van der Waals surface area contributed by atoms with Gasteiger partial charge in [0.15, 0.2) is 0 Å². The van der Waals surface area contributed by atoms with Crippen LogP contribution in [0.25, 0.3) is 0 Å². The standard InChI is InChI=1S/C20H31BBr2N2O3/c1-15-5-6-17(25(9-7-22)10-8-23)12-18(15)16(13-24-21-14-26)11-19(27)28-20(2,3)4/h5-6,12,14,16,21,24H,7-11,13H2,1-4H3. The molecule has 1 unspecified atom stereocenters. The van der Waals surface area contributed by atoms with Crippen LogP contribution in [-0.4, -0.2) is 55.5 Å². The van der Waals surface area contributed by atoms with E-state index in [1.165, 1.54) is 0 Å². The molecule has 0 amide bonds. The Morgan fingerprint density at radius 2 is 1.93 bits per heavy atom. The SMILES string of the molecule is Cc1ccc(N(CCBr)CCBr)cc1C(CNBC=O)CC(=O)OC(C)(C)C. The van der Waals surface area contributed by atoms with Crippen molar-refractivity contribution in [2.75, 3.05) is 35.2 Å². The molecule has 1 aromatic rings. The van der Waals surface area contributed by atoms with Crippen LogP contribution < -0.4 is 10.1 Å².